The number of nitrogens with zero attached hydrogens (tertiary/aromatic N) is 7. The number of halogens is 3. The van der Waals surface area contributed by atoms with E-state index < -0.39 is 23.5 Å². The standard InChI is InChI=1S/C25H33F3N8O2.2H2S/c1-14-18-9-19(37)21(15(2)38-24(3,4)5)34(6)22(18)32-23(31-14)29-10-16-11-30-36(12-16)13-17-8-20(25(26,27)28)33-35(17)7;;/h8,11-12,15,21H,9-10,13H2,1-7H3,(H,29,31,32);2*1H2/t15-,21-;;/m0../s1. The van der Waals surface area contributed by atoms with Crippen molar-refractivity contribution in [2.45, 2.75) is 78.1 Å². The van der Waals surface area contributed by atoms with Crippen LogP contribution >= 0.6 is 27.0 Å². The van der Waals surface area contributed by atoms with Gasteiger partial charge in [-0.1, -0.05) is 0 Å². The van der Waals surface area contributed by atoms with Crippen LogP contribution in [-0.2, 0) is 42.3 Å². The van der Waals surface area contributed by atoms with E-state index in [9.17, 15) is 18.0 Å². The second-order valence-electron chi connectivity index (χ2n) is 10.6. The molecule has 0 aliphatic carbocycles. The van der Waals surface area contributed by atoms with Crippen LogP contribution < -0.4 is 10.2 Å². The summed E-state index contributed by atoms with van der Waals surface area (Å²) in [6.07, 6.45) is -1.21. The highest BCUT2D eigenvalue weighted by atomic mass is 32.1. The van der Waals surface area contributed by atoms with E-state index in [0.29, 0.717) is 29.7 Å². The number of carbonyl (C=O) groups is 1. The number of carbonyl (C=O) groups excluding carboxylic acids is 1. The van der Waals surface area contributed by atoms with Gasteiger partial charge < -0.3 is 15.0 Å². The molecule has 4 heterocycles. The van der Waals surface area contributed by atoms with Gasteiger partial charge in [0.1, 0.15) is 11.9 Å². The van der Waals surface area contributed by atoms with E-state index in [1.165, 1.54) is 11.7 Å². The van der Waals surface area contributed by atoms with Crippen LogP contribution in [-0.4, -0.2) is 60.1 Å². The average molecular weight is 603 g/mol. The van der Waals surface area contributed by atoms with Gasteiger partial charge >= 0.3 is 6.18 Å². The van der Waals surface area contributed by atoms with Crippen molar-refractivity contribution in [3.8, 4) is 0 Å². The number of aromatic nitrogens is 6. The molecule has 10 nitrogen and oxygen atoms in total. The minimum absolute atomic E-state index is 0. The van der Waals surface area contributed by atoms with Crippen molar-refractivity contribution < 1.29 is 22.7 Å². The minimum Gasteiger partial charge on any atom is -0.370 e. The first-order valence-electron chi connectivity index (χ1n) is 12.3. The lowest BCUT2D eigenvalue weighted by Gasteiger charge is -2.39. The van der Waals surface area contributed by atoms with Crippen LogP contribution in [0.3, 0.4) is 0 Å². The third-order valence-electron chi connectivity index (χ3n) is 6.34. The fourth-order valence-corrected chi connectivity index (χ4v) is 4.71. The minimum atomic E-state index is -4.50. The number of ketones is 1. The van der Waals surface area contributed by atoms with Crippen molar-refractivity contribution >= 4 is 44.5 Å². The van der Waals surface area contributed by atoms with Crippen molar-refractivity contribution in [2.24, 2.45) is 7.05 Å². The quantitative estimate of drug-likeness (QED) is 0.436. The Balaban J connectivity index is 0.00000280. The van der Waals surface area contributed by atoms with Gasteiger partial charge in [-0.25, -0.2) is 4.98 Å². The molecular weight excluding hydrogens is 565 g/mol. The van der Waals surface area contributed by atoms with Crippen molar-refractivity contribution in [1.29, 1.82) is 0 Å². The predicted molar refractivity (Wildman–Crippen MR) is 156 cm³/mol. The molecule has 3 aromatic rings. The zero-order valence-electron chi connectivity index (χ0n) is 23.6. The van der Waals surface area contributed by atoms with Gasteiger partial charge in [0.2, 0.25) is 5.95 Å². The molecule has 0 saturated carbocycles. The summed E-state index contributed by atoms with van der Waals surface area (Å²) in [5.74, 6) is 1.15. The van der Waals surface area contributed by atoms with E-state index in [4.69, 9.17) is 9.72 Å². The molecule has 15 heteroatoms. The zero-order chi connectivity index (χ0) is 28.0. The van der Waals surface area contributed by atoms with Gasteiger partial charge in [-0.3, -0.25) is 14.2 Å². The summed E-state index contributed by atoms with van der Waals surface area (Å²) < 4.78 is 47.7. The topological polar surface area (TPSA) is 103 Å². The van der Waals surface area contributed by atoms with Crippen molar-refractivity contribution in [3.05, 3.63) is 46.7 Å². The molecule has 3 aromatic heterocycles. The number of Topliss-reactive ketones (excluding diaryl/α,β-unsaturated/α-hetero) is 1. The second-order valence-corrected chi connectivity index (χ2v) is 10.6. The molecule has 0 unspecified atom stereocenters. The van der Waals surface area contributed by atoms with E-state index in [1.54, 1.807) is 17.1 Å². The van der Waals surface area contributed by atoms with Crippen LogP contribution in [0.4, 0.5) is 24.9 Å². The van der Waals surface area contributed by atoms with Gasteiger partial charge in [-0.15, -0.1) is 0 Å². The molecule has 0 saturated heterocycles. The number of rotatable bonds is 7. The Morgan fingerprint density at radius 2 is 1.85 bits per heavy atom. The number of ether oxygens (including phenoxy) is 1. The predicted octanol–water partition coefficient (Wildman–Crippen LogP) is 3.75. The smallest absolute Gasteiger partial charge is 0.370 e. The van der Waals surface area contributed by atoms with Gasteiger partial charge in [0, 0.05) is 50.1 Å². The summed E-state index contributed by atoms with van der Waals surface area (Å²) in [4.78, 5) is 24.1. The van der Waals surface area contributed by atoms with Gasteiger partial charge in [0.05, 0.1) is 30.1 Å². The number of likely N-dealkylation sites (N-methyl/N-ethyl adjacent to an activating group) is 1. The third-order valence-corrected chi connectivity index (χ3v) is 6.34. The van der Waals surface area contributed by atoms with Crippen molar-refractivity contribution in [1.82, 2.24) is 29.5 Å². The van der Waals surface area contributed by atoms with Crippen LogP contribution in [0.5, 0.6) is 0 Å². The molecule has 0 spiro atoms. The summed E-state index contributed by atoms with van der Waals surface area (Å²) in [7, 11) is 3.31. The summed E-state index contributed by atoms with van der Waals surface area (Å²) >= 11 is 0. The summed E-state index contributed by atoms with van der Waals surface area (Å²) in [6.45, 7) is 10.1. The first kappa shape index (κ1) is 33.4. The van der Waals surface area contributed by atoms with Gasteiger partial charge in [0.25, 0.3) is 0 Å². The SMILES string of the molecule is Cc1nc(NCc2cnn(Cc3cc(C(F)(F)F)nn3C)c2)nc2c1CC(=O)[C@H]([C@H](C)OC(C)(C)C)N2C.S.S. The Labute approximate surface area is 245 Å². The maximum Gasteiger partial charge on any atom is 0.435 e. The molecule has 2 atom stereocenters. The van der Waals surface area contributed by atoms with Crippen LogP contribution in [0.15, 0.2) is 18.5 Å². The summed E-state index contributed by atoms with van der Waals surface area (Å²) in [5, 5.41) is 11.0. The third kappa shape index (κ3) is 7.49. The van der Waals surface area contributed by atoms with Gasteiger partial charge in [-0.2, -0.15) is 55.3 Å². The van der Waals surface area contributed by atoms with E-state index in [-0.39, 0.29) is 51.8 Å². The van der Waals surface area contributed by atoms with Crippen molar-refractivity contribution in [3.63, 3.8) is 0 Å². The first-order chi connectivity index (χ1) is 17.6. The molecule has 0 aromatic carbocycles. The number of hydrogen-bond donors (Lipinski definition) is 1. The normalized spacial score (nSPS) is 16.2. The number of aryl methyl sites for hydroxylation is 2. The lowest BCUT2D eigenvalue weighted by atomic mass is 9.93. The van der Waals surface area contributed by atoms with Crippen LogP contribution in [0, 0.1) is 6.92 Å². The van der Waals surface area contributed by atoms with Crippen LogP contribution in [0.2, 0.25) is 0 Å². The highest BCUT2D eigenvalue weighted by Gasteiger charge is 2.39. The van der Waals surface area contributed by atoms with E-state index in [0.717, 1.165) is 17.2 Å². The summed E-state index contributed by atoms with van der Waals surface area (Å²) in [5.41, 5.74) is 1.37. The number of fused-ring (bicyclic) bond motifs is 1. The highest BCUT2D eigenvalue weighted by molar-refractivity contribution is 7.59. The molecule has 0 bridgehead atoms. The molecular formula is C25H37F3N8O2S2. The largest absolute Gasteiger partial charge is 0.435 e. The second kappa shape index (κ2) is 12.4. The molecule has 0 radical (unpaired) electrons. The number of hydrogen-bond acceptors (Lipinski definition) is 8. The molecule has 4 rings (SSSR count). The number of anilines is 2. The van der Waals surface area contributed by atoms with Gasteiger partial charge in [0.15, 0.2) is 11.5 Å². The Bertz CT molecular complexity index is 1340. The highest BCUT2D eigenvalue weighted by Crippen LogP contribution is 2.32. The van der Waals surface area contributed by atoms with Crippen molar-refractivity contribution in [2.75, 3.05) is 17.3 Å². The Hall–Kier alpha value is -2.78. The average Bonchev–Trinajstić information content (AvgIpc) is 3.38. The van der Waals surface area contributed by atoms with E-state index in [2.05, 4.69) is 20.5 Å². The monoisotopic (exact) mass is 602 g/mol. The van der Waals surface area contributed by atoms with Crippen LogP contribution in [0.25, 0.3) is 0 Å². The molecule has 0 fully saturated rings. The lowest BCUT2D eigenvalue weighted by molar-refractivity contribution is -0.141. The summed E-state index contributed by atoms with van der Waals surface area (Å²) in [6, 6.07) is 0.553. The Kier molecular flexibility index (Phi) is 10.4. The van der Waals surface area contributed by atoms with Crippen LogP contribution in [0.1, 0.15) is 55.9 Å². The molecule has 0 amide bonds. The fourth-order valence-electron chi connectivity index (χ4n) is 4.71. The molecule has 1 N–H and O–H groups in total. The fraction of sp³-hybridized carbons (Fsp3) is 0.560. The van der Waals surface area contributed by atoms with E-state index >= 15 is 0 Å². The maximum absolute atomic E-state index is 13.0. The van der Waals surface area contributed by atoms with Gasteiger partial charge in [-0.05, 0) is 40.7 Å². The molecule has 1 aliphatic rings. The maximum atomic E-state index is 13.0. The molecule has 1 aliphatic heterocycles. The number of nitrogens with one attached hydrogen (secondary N) is 1. The lowest BCUT2D eigenvalue weighted by Crippen LogP contribution is -2.52. The Morgan fingerprint density at radius 1 is 1.18 bits per heavy atom. The number of alkyl halides is 3. The Morgan fingerprint density at radius 3 is 2.45 bits per heavy atom. The molecule has 40 heavy (non-hydrogen) atoms. The first-order valence-corrected chi connectivity index (χ1v) is 12.3. The van der Waals surface area contributed by atoms with E-state index in [1.807, 2.05) is 46.6 Å². The zero-order valence-corrected chi connectivity index (χ0v) is 25.6. The molecule has 222 valence electrons.